The van der Waals surface area contributed by atoms with E-state index in [1.807, 2.05) is 26.8 Å². The van der Waals surface area contributed by atoms with E-state index in [4.69, 9.17) is 4.74 Å². The number of halogens is 1. The molecule has 6 nitrogen and oxygen atoms in total. The van der Waals surface area contributed by atoms with Crippen molar-refractivity contribution >= 4 is 5.91 Å². The number of hydrogen-bond acceptors (Lipinski definition) is 4. The molecule has 1 amide bonds. The molecule has 146 valence electrons. The van der Waals surface area contributed by atoms with Gasteiger partial charge in [0.2, 0.25) is 5.88 Å². The fourth-order valence-electron chi connectivity index (χ4n) is 2.97. The lowest BCUT2D eigenvalue weighted by atomic mass is 10.0. The van der Waals surface area contributed by atoms with Gasteiger partial charge < -0.3 is 10.1 Å². The number of aromatic nitrogens is 3. The Morgan fingerprint density at radius 1 is 1.25 bits per heavy atom. The number of pyridine rings is 1. The fraction of sp³-hybridized carbons (Fsp3) is 0.286. The van der Waals surface area contributed by atoms with Gasteiger partial charge >= 0.3 is 0 Å². The second kappa shape index (κ2) is 8.65. The number of nitrogens with one attached hydrogen (secondary N) is 1. The van der Waals surface area contributed by atoms with Crippen molar-refractivity contribution in [1.82, 2.24) is 20.1 Å². The Hall–Kier alpha value is -3.22. The van der Waals surface area contributed by atoms with Crippen LogP contribution in [0, 0.1) is 5.82 Å². The SMILES string of the molecule is CCOc1ncccc1CNC(=O)c1cnn(-c2ccc(F)cc2)c1C(C)C. The Morgan fingerprint density at radius 3 is 2.68 bits per heavy atom. The van der Waals surface area contributed by atoms with E-state index < -0.39 is 0 Å². The number of carbonyl (C=O) groups excluding carboxylic acids is 1. The van der Waals surface area contributed by atoms with Crippen molar-refractivity contribution in [1.29, 1.82) is 0 Å². The maximum absolute atomic E-state index is 13.2. The highest BCUT2D eigenvalue weighted by Crippen LogP contribution is 2.23. The van der Waals surface area contributed by atoms with Crippen LogP contribution < -0.4 is 10.1 Å². The third-order valence-corrected chi connectivity index (χ3v) is 4.24. The Labute approximate surface area is 163 Å². The quantitative estimate of drug-likeness (QED) is 0.674. The van der Waals surface area contributed by atoms with Crippen molar-refractivity contribution in [3.05, 3.63) is 71.4 Å². The van der Waals surface area contributed by atoms with E-state index in [-0.39, 0.29) is 17.6 Å². The van der Waals surface area contributed by atoms with Crippen LogP contribution in [0.3, 0.4) is 0 Å². The summed E-state index contributed by atoms with van der Waals surface area (Å²) in [5.41, 5.74) is 2.76. The van der Waals surface area contributed by atoms with Gasteiger partial charge in [-0.05, 0) is 43.2 Å². The molecule has 0 radical (unpaired) electrons. The summed E-state index contributed by atoms with van der Waals surface area (Å²) in [7, 11) is 0. The van der Waals surface area contributed by atoms with Crippen LogP contribution in [0.1, 0.15) is 48.3 Å². The number of rotatable bonds is 7. The summed E-state index contributed by atoms with van der Waals surface area (Å²) in [6, 6.07) is 9.69. The molecule has 0 spiro atoms. The zero-order valence-corrected chi connectivity index (χ0v) is 16.1. The minimum absolute atomic E-state index is 0.0469. The normalized spacial score (nSPS) is 10.9. The molecule has 2 heterocycles. The van der Waals surface area contributed by atoms with Gasteiger partial charge in [-0.1, -0.05) is 19.9 Å². The number of benzene rings is 1. The third kappa shape index (κ3) is 4.19. The highest BCUT2D eigenvalue weighted by molar-refractivity contribution is 5.95. The Morgan fingerprint density at radius 2 is 2.00 bits per heavy atom. The van der Waals surface area contributed by atoms with Crippen LogP contribution in [0.15, 0.2) is 48.8 Å². The first kappa shape index (κ1) is 19.5. The number of amides is 1. The summed E-state index contributed by atoms with van der Waals surface area (Å²) in [6.07, 6.45) is 3.20. The lowest BCUT2D eigenvalue weighted by Gasteiger charge is -2.13. The monoisotopic (exact) mass is 382 g/mol. The first-order valence-electron chi connectivity index (χ1n) is 9.20. The van der Waals surface area contributed by atoms with Gasteiger partial charge in [0.1, 0.15) is 5.82 Å². The predicted octanol–water partition coefficient (Wildman–Crippen LogP) is 3.86. The molecule has 7 heteroatoms. The first-order chi connectivity index (χ1) is 13.5. The topological polar surface area (TPSA) is 69.0 Å². The molecule has 28 heavy (non-hydrogen) atoms. The minimum Gasteiger partial charge on any atom is -0.478 e. The molecule has 0 aliphatic rings. The summed E-state index contributed by atoms with van der Waals surface area (Å²) >= 11 is 0. The van der Waals surface area contributed by atoms with Crippen LogP contribution in [-0.2, 0) is 6.54 Å². The molecule has 0 saturated heterocycles. The molecule has 2 aromatic heterocycles. The van der Waals surface area contributed by atoms with Crippen LogP contribution in [0.5, 0.6) is 5.88 Å². The number of ether oxygens (including phenoxy) is 1. The van der Waals surface area contributed by atoms with Crippen molar-refractivity contribution in [3.63, 3.8) is 0 Å². The average molecular weight is 382 g/mol. The van der Waals surface area contributed by atoms with E-state index in [1.165, 1.54) is 12.1 Å². The van der Waals surface area contributed by atoms with Gasteiger partial charge in [-0.15, -0.1) is 0 Å². The molecule has 0 bridgehead atoms. The van der Waals surface area contributed by atoms with E-state index in [9.17, 15) is 9.18 Å². The van der Waals surface area contributed by atoms with Crippen LogP contribution in [0.2, 0.25) is 0 Å². The second-order valence-corrected chi connectivity index (χ2v) is 6.57. The summed E-state index contributed by atoms with van der Waals surface area (Å²) in [6.45, 7) is 6.65. The number of carbonyl (C=O) groups is 1. The zero-order valence-electron chi connectivity index (χ0n) is 16.1. The van der Waals surface area contributed by atoms with Crippen LogP contribution >= 0.6 is 0 Å². The summed E-state index contributed by atoms with van der Waals surface area (Å²) in [4.78, 5) is 17.0. The highest BCUT2D eigenvalue weighted by Gasteiger charge is 2.21. The smallest absolute Gasteiger partial charge is 0.255 e. The number of hydrogen-bond donors (Lipinski definition) is 1. The van der Waals surface area contributed by atoms with Gasteiger partial charge in [0, 0.05) is 18.3 Å². The third-order valence-electron chi connectivity index (χ3n) is 4.24. The molecular weight excluding hydrogens is 359 g/mol. The van der Waals surface area contributed by atoms with Gasteiger partial charge in [0.05, 0.1) is 29.7 Å². The van der Waals surface area contributed by atoms with Crippen molar-refractivity contribution in [2.45, 2.75) is 33.2 Å². The van der Waals surface area contributed by atoms with Crippen molar-refractivity contribution in [3.8, 4) is 11.6 Å². The van der Waals surface area contributed by atoms with Gasteiger partial charge in [0.25, 0.3) is 5.91 Å². The summed E-state index contributed by atoms with van der Waals surface area (Å²) in [5, 5.41) is 7.27. The van der Waals surface area contributed by atoms with Gasteiger partial charge in [-0.3, -0.25) is 4.79 Å². The molecule has 0 aliphatic heterocycles. The Bertz CT molecular complexity index is 951. The van der Waals surface area contributed by atoms with Crippen molar-refractivity contribution < 1.29 is 13.9 Å². The molecule has 0 atom stereocenters. The summed E-state index contributed by atoms with van der Waals surface area (Å²) < 4.78 is 20.4. The standard InChI is InChI=1S/C21H23FN4O2/c1-4-28-21-15(6-5-11-23-21)12-24-20(27)18-13-25-26(19(18)14(2)3)17-9-7-16(22)8-10-17/h5-11,13-14H,4,12H2,1-3H3,(H,24,27). The minimum atomic E-state index is -0.318. The second-order valence-electron chi connectivity index (χ2n) is 6.57. The largest absolute Gasteiger partial charge is 0.478 e. The Kier molecular flexibility index (Phi) is 6.03. The maximum Gasteiger partial charge on any atom is 0.255 e. The van der Waals surface area contributed by atoms with Gasteiger partial charge in [0.15, 0.2) is 0 Å². The molecule has 3 rings (SSSR count). The van der Waals surface area contributed by atoms with Crippen LogP contribution in [0.4, 0.5) is 4.39 Å². The van der Waals surface area contributed by atoms with E-state index in [0.717, 1.165) is 11.3 Å². The zero-order chi connectivity index (χ0) is 20.1. The molecule has 0 saturated carbocycles. The maximum atomic E-state index is 13.2. The highest BCUT2D eigenvalue weighted by atomic mass is 19.1. The average Bonchev–Trinajstić information content (AvgIpc) is 3.13. The van der Waals surface area contributed by atoms with Gasteiger partial charge in [-0.2, -0.15) is 5.10 Å². The van der Waals surface area contributed by atoms with Crippen LogP contribution in [-0.4, -0.2) is 27.3 Å². The predicted molar refractivity (Wildman–Crippen MR) is 104 cm³/mol. The van der Waals surface area contributed by atoms with Gasteiger partial charge in [-0.25, -0.2) is 14.1 Å². The van der Waals surface area contributed by atoms with Crippen molar-refractivity contribution in [2.75, 3.05) is 6.61 Å². The fourth-order valence-corrected chi connectivity index (χ4v) is 2.97. The first-order valence-corrected chi connectivity index (χ1v) is 9.20. The molecule has 0 fully saturated rings. The summed E-state index contributed by atoms with van der Waals surface area (Å²) in [5.74, 6) is 0.00646. The molecular formula is C21H23FN4O2. The van der Waals surface area contributed by atoms with E-state index in [0.29, 0.717) is 30.3 Å². The molecule has 0 unspecified atom stereocenters. The molecule has 1 N–H and O–H groups in total. The van der Waals surface area contributed by atoms with Crippen molar-refractivity contribution in [2.24, 2.45) is 0 Å². The van der Waals surface area contributed by atoms with E-state index in [2.05, 4.69) is 15.4 Å². The molecule has 0 aliphatic carbocycles. The number of nitrogens with zero attached hydrogens (tertiary/aromatic N) is 3. The lowest BCUT2D eigenvalue weighted by molar-refractivity contribution is 0.0949. The van der Waals surface area contributed by atoms with E-state index in [1.54, 1.807) is 35.3 Å². The van der Waals surface area contributed by atoms with Crippen LogP contribution in [0.25, 0.3) is 5.69 Å². The molecule has 1 aromatic carbocycles. The molecule has 3 aromatic rings. The van der Waals surface area contributed by atoms with E-state index >= 15 is 0 Å². The Balaban J connectivity index is 1.83. The lowest BCUT2D eigenvalue weighted by Crippen LogP contribution is -2.24.